The van der Waals surface area contributed by atoms with E-state index in [4.69, 9.17) is 5.73 Å². The van der Waals surface area contributed by atoms with E-state index in [2.05, 4.69) is 0 Å². The number of halogens is 2. The predicted octanol–water partition coefficient (Wildman–Crippen LogP) is 3.83. The van der Waals surface area contributed by atoms with Crippen molar-refractivity contribution in [3.05, 3.63) is 107 Å². The fraction of sp³-hybridized carbons (Fsp3) is 0.0909. The molecule has 0 aliphatic rings. The third kappa shape index (κ3) is 4.40. The summed E-state index contributed by atoms with van der Waals surface area (Å²) in [6, 6.07) is 18.8. The lowest BCUT2D eigenvalue weighted by Crippen LogP contribution is -2.41. The van der Waals surface area contributed by atoms with Crippen molar-refractivity contribution in [2.75, 3.05) is 0 Å². The fourth-order valence-corrected chi connectivity index (χ4v) is 3.06. The first-order valence-corrected chi connectivity index (χ1v) is 8.61. The number of nitrogens with two attached hydrogens (primary N) is 1. The minimum atomic E-state index is -1.10. The molecule has 0 aliphatic heterocycles. The van der Waals surface area contributed by atoms with E-state index >= 15 is 0 Å². The zero-order valence-corrected chi connectivity index (χ0v) is 14.9. The molecule has 28 heavy (non-hydrogen) atoms. The number of carbonyl (C=O) groups excluding carboxylic acids is 2. The van der Waals surface area contributed by atoms with Crippen molar-refractivity contribution in [2.45, 2.75) is 12.6 Å². The summed E-state index contributed by atoms with van der Waals surface area (Å²) >= 11 is 0. The molecule has 3 aromatic carbocycles. The van der Waals surface area contributed by atoms with Crippen LogP contribution in [0.15, 0.2) is 78.9 Å². The van der Waals surface area contributed by atoms with Crippen LogP contribution in [0.25, 0.3) is 0 Å². The Morgan fingerprint density at radius 3 is 1.93 bits per heavy atom. The molecule has 6 heteroatoms. The number of hydrogen-bond acceptors (Lipinski definition) is 2. The minimum absolute atomic E-state index is 0.190. The van der Waals surface area contributed by atoms with Gasteiger partial charge in [-0.25, -0.2) is 8.78 Å². The molecule has 3 aromatic rings. The predicted molar refractivity (Wildman–Crippen MR) is 101 cm³/mol. The molecule has 4 nitrogen and oxygen atoms in total. The molecule has 0 spiro atoms. The number of benzene rings is 3. The van der Waals surface area contributed by atoms with Crippen LogP contribution in [0, 0.1) is 11.6 Å². The maximum Gasteiger partial charge on any atom is 0.255 e. The molecular weight excluding hydrogens is 362 g/mol. The van der Waals surface area contributed by atoms with Crippen LogP contribution in [0.2, 0.25) is 0 Å². The van der Waals surface area contributed by atoms with E-state index < -0.39 is 29.5 Å². The molecule has 0 heterocycles. The average molecular weight is 380 g/mol. The van der Waals surface area contributed by atoms with Gasteiger partial charge in [0.05, 0.1) is 0 Å². The molecule has 0 bridgehead atoms. The summed E-state index contributed by atoms with van der Waals surface area (Å²) in [6.45, 7) is -0.190. The van der Waals surface area contributed by atoms with Crippen molar-refractivity contribution >= 4 is 11.8 Å². The van der Waals surface area contributed by atoms with Crippen molar-refractivity contribution in [3.63, 3.8) is 0 Å². The second-order valence-electron chi connectivity index (χ2n) is 6.29. The van der Waals surface area contributed by atoms with E-state index in [1.54, 1.807) is 60.7 Å². The van der Waals surface area contributed by atoms with Crippen molar-refractivity contribution in [1.29, 1.82) is 0 Å². The fourth-order valence-electron chi connectivity index (χ4n) is 3.06. The Morgan fingerprint density at radius 1 is 0.857 bits per heavy atom. The number of carbonyl (C=O) groups is 2. The Balaban J connectivity index is 2.07. The highest BCUT2D eigenvalue weighted by Crippen LogP contribution is 2.25. The average Bonchev–Trinajstić information content (AvgIpc) is 2.67. The van der Waals surface area contributed by atoms with Gasteiger partial charge in [0.2, 0.25) is 5.91 Å². The molecule has 2 N–H and O–H groups in total. The third-order valence-corrected chi connectivity index (χ3v) is 4.25. The SMILES string of the molecule is NC(=O)[C@@H](c1ccccc1)N(Cc1cc(F)cc(F)c1)C(=O)c1ccccc1. The Labute approximate surface area is 161 Å². The molecule has 142 valence electrons. The smallest absolute Gasteiger partial charge is 0.255 e. The molecular formula is C22H18F2N2O2. The molecule has 0 saturated carbocycles. The van der Waals surface area contributed by atoms with Crippen LogP contribution < -0.4 is 5.73 Å². The zero-order valence-electron chi connectivity index (χ0n) is 14.9. The zero-order chi connectivity index (χ0) is 20.1. The lowest BCUT2D eigenvalue weighted by molar-refractivity contribution is -0.122. The first kappa shape index (κ1) is 19.2. The highest BCUT2D eigenvalue weighted by molar-refractivity contribution is 5.97. The van der Waals surface area contributed by atoms with Gasteiger partial charge in [0.1, 0.15) is 17.7 Å². The molecule has 3 rings (SSSR count). The van der Waals surface area contributed by atoms with Gasteiger partial charge in [-0.2, -0.15) is 0 Å². The summed E-state index contributed by atoms with van der Waals surface area (Å²) in [6.07, 6.45) is 0. The summed E-state index contributed by atoms with van der Waals surface area (Å²) in [7, 11) is 0. The van der Waals surface area contributed by atoms with Crippen molar-refractivity contribution in [3.8, 4) is 0 Å². The van der Waals surface area contributed by atoms with E-state index in [-0.39, 0.29) is 12.1 Å². The van der Waals surface area contributed by atoms with Crippen LogP contribution in [-0.2, 0) is 11.3 Å². The van der Waals surface area contributed by atoms with Crippen LogP contribution in [0.5, 0.6) is 0 Å². The topological polar surface area (TPSA) is 63.4 Å². The van der Waals surface area contributed by atoms with Gasteiger partial charge in [-0.3, -0.25) is 9.59 Å². The van der Waals surface area contributed by atoms with E-state index in [0.29, 0.717) is 11.1 Å². The molecule has 0 saturated heterocycles. The van der Waals surface area contributed by atoms with Gasteiger partial charge in [-0.15, -0.1) is 0 Å². The Bertz CT molecular complexity index is 958. The maximum absolute atomic E-state index is 13.7. The lowest BCUT2D eigenvalue weighted by Gasteiger charge is -2.30. The van der Waals surface area contributed by atoms with Crippen LogP contribution >= 0.6 is 0 Å². The number of rotatable bonds is 6. The van der Waals surface area contributed by atoms with Crippen molar-refractivity contribution < 1.29 is 18.4 Å². The van der Waals surface area contributed by atoms with Gasteiger partial charge >= 0.3 is 0 Å². The van der Waals surface area contributed by atoms with Crippen LogP contribution in [0.3, 0.4) is 0 Å². The summed E-state index contributed by atoms with van der Waals surface area (Å²) in [5.74, 6) is -2.75. The number of amides is 2. The van der Waals surface area contributed by atoms with Crippen molar-refractivity contribution in [1.82, 2.24) is 4.90 Å². The Hall–Kier alpha value is -3.54. The van der Waals surface area contributed by atoms with Gasteiger partial charge in [0.25, 0.3) is 5.91 Å². The standard InChI is InChI=1S/C22H18F2N2O2/c23-18-11-15(12-19(24)13-18)14-26(22(28)17-9-5-2-6-10-17)20(21(25)27)16-7-3-1-4-8-16/h1-13,20H,14H2,(H2,25,27)/t20-/m1/s1. The molecule has 0 radical (unpaired) electrons. The first-order chi connectivity index (χ1) is 13.5. The Morgan fingerprint density at radius 2 is 1.39 bits per heavy atom. The number of hydrogen-bond donors (Lipinski definition) is 1. The van der Waals surface area contributed by atoms with Crippen LogP contribution in [0.4, 0.5) is 8.78 Å². The van der Waals surface area contributed by atoms with Gasteiger partial charge in [-0.05, 0) is 35.4 Å². The van der Waals surface area contributed by atoms with Crippen LogP contribution in [-0.4, -0.2) is 16.7 Å². The largest absolute Gasteiger partial charge is 0.368 e. The maximum atomic E-state index is 13.7. The van der Waals surface area contributed by atoms with Gasteiger partial charge in [0, 0.05) is 18.2 Å². The molecule has 1 atom stereocenters. The summed E-state index contributed by atoms with van der Waals surface area (Å²) < 4.78 is 27.3. The first-order valence-electron chi connectivity index (χ1n) is 8.61. The molecule has 0 aliphatic carbocycles. The minimum Gasteiger partial charge on any atom is -0.368 e. The van der Waals surface area contributed by atoms with Gasteiger partial charge in [0.15, 0.2) is 0 Å². The highest BCUT2D eigenvalue weighted by atomic mass is 19.1. The Kier molecular flexibility index (Phi) is 5.79. The second kappa shape index (κ2) is 8.43. The summed E-state index contributed by atoms with van der Waals surface area (Å²) in [5, 5.41) is 0. The van der Waals surface area contributed by atoms with Crippen molar-refractivity contribution in [2.24, 2.45) is 5.73 Å². The highest BCUT2D eigenvalue weighted by Gasteiger charge is 2.30. The number of nitrogens with zero attached hydrogens (tertiary/aromatic N) is 1. The summed E-state index contributed by atoms with van der Waals surface area (Å²) in [4.78, 5) is 26.7. The van der Waals surface area contributed by atoms with E-state index in [9.17, 15) is 18.4 Å². The third-order valence-electron chi connectivity index (χ3n) is 4.25. The molecule has 0 aromatic heterocycles. The monoisotopic (exact) mass is 380 g/mol. The van der Waals surface area contributed by atoms with Gasteiger partial charge in [-0.1, -0.05) is 48.5 Å². The lowest BCUT2D eigenvalue weighted by atomic mass is 10.0. The summed E-state index contributed by atoms with van der Waals surface area (Å²) in [5.41, 5.74) is 6.68. The molecule has 0 unspecified atom stereocenters. The molecule has 0 fully saturated rings. The van der Waals surface area contributed by atoms with Crippen LogP contribution in [0.1, 0.15) is 27.5 Å². The normalized spacial score (nSPS) is 11.6. The molecule has 2 amide bonds. The quantitative estimate of drug-likeness (QED) is 0.706. The van der Waals surface area contributed by atoms with E-state index in [1.165, 1.54) is 4.90 Å². The van der Waals surface area contributed by atoms with Gasteiger partial charge < -0.3 is 10.6 Å². The van der Waals surface area contributed by atoms with E-state index in [1.807, 2.05) is 0 Å². The number of primary amides is 1. The second-order valence-corrected chi connectivity index (χ2v) is 6.29. The van der Waals surface area contributed by atoms with E-state index in [0.717, 1.165) is 18.2 Å².